The molecule has 0 unspecified atom stereocenters. The Balaban J connectivity index is 2.11. The number of benzene rings is 1. The van der Waals surface area contributed by atoms with Gasteiger partial charge < -0.3 is 20.4 Å². The van der Waals surface area contributed by atoms with E-state index in [1.807, 2.05) is 30.5 Å². The minimum Gasteiger partial charge on any atom is -0.463 e. The number of allylic oxidation sites excluding steroid dienone is 1. The Kier molecular flexibility index (Phi) is 3.58. The number of fused-ring (bicyclic) bond motifs is 1. The van der Waals surface area contributed by atoms with E-state index in [0.717, 1.165) is 16.5 Å². The Hall–Kier alpha value is -2.76. The van der Waals surface area contributed by atoms with Crippen molar-refractivity contribution >= 4 is 22.9 Å². The largest absolute Gasteiger partial charge is 0.463 e. The summed E-state index contributed by atoms with van der Waals surface area (Å²) in [6, 6.07) is 6.88. The SMILES string of the molecule is CCOC(=O)C1=C(C)NC(=O)N[C@H]1c1c[nH]c2ccccc12. The van der Waals surface area contributed by atoms with Crippen LogP contribution in [0.3, 0.4) is 0 Å². The van der Waals surface area contributed by atoms with Crippen LogP contribution in [0.1, 0.15) is 25.5 Å². The zero-order valence-electron chi connectivity index (χ0n) is 12.4. The molecule has 114 valence electrons. The van der Waals surface area contributed by atoms with E-state index in [4.69, 9.17) is 4.74 Å². The van der Waals surface area contributed by atoms with Crippen molar-refractivity contribution in [3.05, 3.63) is 47.3 Å². The summed E-state index contributed by atoms with van der Waals surface area (Å²) in [5.41, 5.74) is 2.72. The van der Waals surface area contributed by atoms with Crippen LogP contribution in [0.15, 0.2) is 41.7 Å². The lowest BCUT2D eigenvalue weighted by Crippen LogP contribution is -2.45. The molecule has 1 aliphatic rings. The van der Waals surface area contributed by atoms with Crippen LogP contribution in [-0.4, -0.2) is 23.6 Å². The van der Waals surface area contributed by atoms with Gasteiger partial charge in [-0.3, -0.25) is 0 Å². The number of aromatic nitrogens is 1. The Morgan fingerprint density at radius 1 is 1.32 bits per heavy atom. The van der Waals surface area contributed by atoms with Crippen molar-refractivity contribution in [1.82, 2.24) is 15.6 Å². The van der Waals surface area contributed by atoms with Gasteiger partial charge in [-0.15, -0.1) is 0 Å². The standard InChI is InChI=1S/C16H17N3O3/c1-3-22-15(20)13-9(2)18-16(21)19-14(13)11-8-17-12-7-5-4-6-10(11)12/h4-8,14,17H,3H2,1-2H3,(H2,18,19,21)/t14-/m0/s1. The van der Waals surface area contributed by atoms with E-state index in [1.54, 1.807) is 13.8 Å². The second kappa shape index (κ2) is 5.55. The number of aromatic amines is 1. The van der Waals surface area contributed by atoms with Crippen molar-refractivity contribution in [2.24, 2.45) is 0 Å². The van der Waals surface area contributed by atoms with Crippen LogP contribution >= 0.6 is 0 Å². The number of carbonyl (C=O) groups is 2. The normalized spacial score (nSPS) is 18.1. The molecule has 1 atom stereocenters. The lowest BCUT2D eigenvalue weighted by atomic mass is 9.95. The average molecular weight is 299 g/mol. The summed E-state index contributed by atoms with van der Waals surface area (Å²) in [7, 11) is 0. The fourth-order valence-corrected chi connectivity index (χ4v) is 2.74. The Morgan fingerprint density at radius 2 is 2.09 bits per heavy atom. The first-order chi connectivity index (χ1) is 10.6. The van der Waals surface area contributed by atoms with E-state index in [9.17, 15) is 9.59 Å². The molecule has 2 aromatic rings. The predicted molar refractivity (Wildman–Crippen MR) is 82.0 cm³/mol. The first kappa shape index (κ1) is 14.2. The van der Waals surface area contributed by atoms with E-state index in [-0.39, 0.29) is 12.6 Å². The number of hydrogen-bond acceptors (Lipinski definition) is 3. The predicted octanol–water partition coefficient (Wildman–Crippen LogP) is 2.36. The van der Waals surface area contributed by atoms with Crippen LogP contribution < -0.4 is 10.6 Å². The van der Waals surface area contributed by atoms with Gasteiger partial charge in [-0.2, -0.15) is 0 Å². The smallest absolute Gasteiger partial charge is 0.338 e. The number of ether oxygens (including phenoxy) is 1. The topological polar surface area (TPSA) is 83.2 Å². The number of hydrogen-bond donors (Lipinski definition) is 3. The number of esters is 1. The molecule has 0 fully saturated rings. The van der Waals surface area contributed by atoms with Crippen LogP contribution in [0.2, 0.25) is 0 Å². The van der Waals surface area contributed by atoms with Crippen LogP contribution in [-0.2, 0) is 9.53 Å². The van der Waals surface area contributed by atoms with Crippen LogP contribution in [0.25, 0.3) is 10.9 Å². The van der Waals surface area contributed by atoms with Crippen molar-refractivity contribution in [3.8, 4) is 0 Å². The van der Waals surface area contributed by atoms with Crippen molar-refractivity contribution in [2.75, 3.05) is 6.61 Å². The van der Waals surface area contributed by atoms with Gasteiger partial charge in [0.15, 0.2) is 0 Å². The van der Waals surface area contributed by atoms with E-state index >= 15 is 0 Å². The molecule has 3 N–H and O–H groups in total. The van der Waals surface area contributed by atoms with Crippen LogP contribution in [0.5, 0.6) is 0 Å². The second-order valence-corrected chi connectivity index (χ2v) is 5.08. The number of carbonyl (C=O) groups excluding carboxylic acids is 2. The van der Waals surface area contributed by atoms with Gasteiger partial charge in [-0.1, -0.05) is 18.2 Å². The lowest BCUT2D eigenvalue weighted by Gasteiger charge is -2.27. The van der Waals surface area contributed by atoms with E-state index in [1.165, 1.54) is 0 Å². The lowest BCUT2D eigenvalue weighted by molar-refractivity contribution is -0.139. The van der Waals surface area contributed by atoms with Gasteiger partial charge in [-0.25, -0.2) is 9.59 Å². The third kappa shape index (κ3) is 2.32. The van der Waals surface area contributed by atoms with Gasteiger partial charge in [0.05, 0.1) is 18.2 Å². The fraction of sp³-hybridized carbons (Fsp3) is 0.250. The van der Waals surface area contributed by atoms with Crippen molar-refractivity contribution < 1.29 is 14.3 Å². The minimum atomic E-state index is -0.538. The minimum absolute atomic E-state index is 0.282. The molecule has 22 heavy (non-hydrogen) atoms. The number of rotatable bonds is 3. The molecule has 0 saturated heterocycles. The molecule has 6 heteroatoms. The summed E-state index contributed by atoms with van der Waals surface area (Å²) in [4.78, 5) is 27.3. The van der Waals surface area contributed by atoms with Gasteiger partial charge in [0.2, 0.25) is 0 Å². The molecule has 0 aliphatic carbocycles. The first-order valence-electron chi connectivity index (χ1n) is 7.13. The van der Waals surface area contributed by atoms with Gasteiger partial charge in [0.25, 0.3) is 0 Å². The van der Waals surface area contributed by atoms with Crippen molar-refractivity contribution in [3.63, 3.8) is 0 Å². The summed E-state index contributed by atoms with van der Waals surface area (Å²) >= 11 is 0. The van der Waals surface area contributed by atoms with Gasteiger partial charge >= 0.3 is 12.0 Å². The summed E-state index contributed by atoms with van der Waals surface area (Å²) in [6.07, 6.45) is 1.81. The number of H-pyrrole nitrogens is 1. The highest BCUT2D eigenvalue weighted by Crippen LogP contribution is 2.32. The number of para-hydroxylation sites is 1. The highest BCUT2D eigenvalue weighted by atomic mass is 16.5. The zero-order chi connectivity index (χ0) is 15.7. The van der Waals surface area contributed by atoms with Crippen molar-refractivity contribution in [2.45, 2.75) is 19.9 Å². The van der Waals surface area contributed by atoms with Crippen LogP contribution in [0.4, 0.5) is 4.79 Å². The average Bonchev–Trinajstić information content (AvgIpc) is 2.90. The molecule has 1 aromatic heterocycles. The van der Waals surface area contributed by atoms with Gasteiger partial charge in [0.1, 0.15) is 0 Å². The van der Waals surface area contributed by atoms with E-state index < -0.39 is 12.0 Å². The zero-order valence-corrected chi connectivity index (χ0v) is 12.4. The molecule has 2 heterocycles. The molecule has 1 aromatic carbocycles. The fourth-order valence-electron chi connectivity index (χ4n) is 2.74. The summed E-state index contributed by atoms with van der Waals surface area (Å²) < 4.78 is 5.13. The molecular formula is C16H17N3O3. The molecule has 0 saturated carbocycles. The molecule has 0 radical (unpaired) electrons. The molecule has 6 nitrogen and oxygen atoms in total. The van der Waals surface area contributed by atoms with Gasteiger partial charge in [0, 0.05) is 28.4 Å². The molecule has 3 rings (SSSR count). The molecule has 2 amide bonds. The summed E-state index contributed by atoms with van der Waals surface area (Å²) in [6.45, 7) is 3.74. The molecular weight excluding hydrogens is 282 g/mol. The molecule has 1 aliphatic heterocycles. The number of amides is 2. The third-order valence-corrected chi connectivity index (χ3v) is 3.70. The maximum Gasteiger partial charge on any atom is 0.338 e. The Morgan fingerprint density at radius 3 is 2.86 bits per heavy atom. The van der Waals surface area contributed by atoms with Crippen molar-refractivity contribution in [1.29, 1.82) is 0 Å². The third-order valence-electron chi connectivity index (χ3n) is 3.70. The quantitative estimate of drug-likeness (QED) is 0.761. The maximum atomic E-state index is 12.3. The van der Waals surface area contributed by atoms with E-state index in [0.29, 0.717) is 11.3 Å². The molecule has 0 spiro atoms. The molecule has 0 bridgehead atoms. The second-order valence-electron chi connectivity index (χ2n) is 5.08. The van der Waals surface area contributed by atoms with E-state index in [2.05, 4.69) is 15.6 Å². The highest BCUT2D eigenvalue weighted by Gasteiger charge is 2.33. The maximum absolute atomic E-state index is 12.3. The van der Waals surface area contributed by atoms with Crippen LogP contribution in [0, 0.1) is 0 Å². The monoisotopic (exact) mass is 299 g/mol. The summed E-state index contributed by atoms with van der Waals surface area (Å²) in [5, 5.41) is 6.39. The Labute approximate surface area is 127 Å². The number of urea groups is 1. The highest BCUT2D eigenvalue weighted by molar-refractivity contribution is 5.97. The van der Waals surface area contributed by atoms with Gasteiger partial charge in [-0.05, 0) is 19.9 Å². The first-order valence-corrected chi connectivity index (χ1v) is 7.13. The summed E-state index contributed by atoms with van der Waals surface area (Å²) in [5.74, 6) is -0.428. The Bertz CT molecular complexity index is 776. The number of nitrogens with one attached hydrogen (secondary N) is 3.